The van der Waals surface area contributed by atoms with E-state index in [0.717, 1.165) is 12.8 Å². The van der Waals surface area contributed by atoms with Gasteiger partial charge in [0.1, 0.15) is 11.8 Å². The van der Waals surface area contributed by atoms with E-state index in [1.807, 2.05) is 0 Å². The zero-order valence-corrected chi connectivity index (χ0v) is 10.9. The summed E-state index contributed by atoms with van der Waals surface area (Å²) in [5.41, 5.74) is 0. The summed E-state index contributed by atoms with van der Waals surface area (Å²) < 4.78 is 9.86. The molecule has 0 spiro atoms. The molecule has 1 amide bonds. The minimum Gasteiger partial charge on any atom is -0.467 e. The van der Waals surface area contributed by atoms with Crippen molar-refractivity contribution in [2.24, 2.45) is 0 Å². The minimum atomic E-state index is -0.465. The lowest BCUT2D eigenvalue weighted by molar-refractivity contribution is -0.153. The van der Waals surface area contributed by atoms with Crippen LogP contribution in [-0.2, 0) is 14.3 Å². The van der Waals surface area contributed by atoms with E-state index in [4.69, 9.17) is 9.15 Å². The van der Waals surface area contributed by atoms with Crippen LogP contribution in [0, 0.1) is 0 Å². The Morgan fingerprint density at radius 1 is 1.47 bits per heavy atom. The molecule has 1 aromatic heterocycles. The van der Waals surface area contributed by atoms with Gasteiger partial charge in [0, 0.05) is 12.6 Å². The van der Waals surface area contributed by atoms with Crippen molar-refractivity contribution in [1.82, 2.24) is 4.90 Å². The Morgan fingerprint density at radius 3 is 3.00 bits per heavy atom. The second kappa shape index (κ2) is 6.22. The number of hydrogen-bond donors (Lipinski definition) is 0. The van der Waals surface area contributed by atoms with Crippen LogP contribution in [0.1, 0.15) is 25.0 Å². The van der Waals surface area contributed by atoms with Crippen molar-refractivity contribution >= 4 is 18.0 Å². The van der Waals surface area contributed by atoms with Crippen LogP contribution >= 0.6 is 0 Å². The van der Waals surface area contributed by atoms with Crippen molar-refractivity contribution in [2.75, 3.05) is 13.7 Å². The zero-order chi connectivity index (χ0) is 13.7. The van der Waals surface area contributed by atoms with Crippen LogP contribution in [0.5, 0.6) is 0 Å². The number of carbonyl (C=O) groups is 2. The van der Waals surface area contributed by atoms with Crippen LogP contribution < -0.4 is 0 Å². The first-order chi connectivity index (χ1) is 9.22. The van der Waals surface area contributed by atoms with Crippen LogP contribution in [-0.4, -0.2) is 36.5 Å². The van der Waals surface area contributed by atoms with Crippen LogP contribution in [0.3, 0.4) is 0 Å². The third kappa shape index (κ3) is 3.24. The normalized spacial score (nSPS) is 19.6. The molecule has 0 bridgehead atoms. The van der Waals surface area contributed by atoms with Crippen molar-refractivity contribution in [3.05, 3.63) is 30.2 Å². The summed E-state index contributed by atoms with van der Waals surface area (Å²) in [5, 5.41) is 0. The molecule has 2 rings (SSSR count). The highest BCUT2D eigenvalue weighted by Crippen LogP contribution is 2.18. The lowest BCUT2D eigenvalue weighted by atomic mass is 10.0. The molecule has 0 unspecified atom stereocenters. The highest BCUT2D eigenvalue weighted by molar-refractivity contribution is 5.94. The lowest BCUT2D eigenvalue weighted by Gasteiger charge is -2.32. The SMILES string of the molecule is COC(=O)[C@H]1CCCCN1C(=O)/C=C/c1ccco1. The number of furan rings is 1. The maximum Gasteiger partial charge on any atom is 0.328 e. The molecule has 1 fully saturated rings. The molecule has 1 aliphatic rings. The average Bonchev–Trinajstić information content (AvgIpc) is 2.97. The number of piperidine rings is 1. The van der Waals surface area contributed by atoms with Crippen LogP contribution in [0.25, 0.3) is 6.08 Å². The number of esters is 1. The number of amides is 1. The number of rotatable bonds is 3. The number of hydrogen-bond acceptors (Lipinski definition) is 4. The van der Waals surface area contributed by atoms with E-state index in [2.05, 4.69) is 0 Å². The summed E-state index contributed by atoms with van der Waals surface area (Å²) in [6.07, 6.45) is 7.08. The fraction of sp³-hybridized carbons (Fsp3) is 0.429. The molecule has 1 aromatic rings. The van der Waals surface area contributed by atoms with Gasteiger partial charge in [-0.05, 0) is 37.5 Å². The maximum absolute atomic E-state index is 12.1. The fourth-order valence-electron chi connectivity index (χ4n) is 2.21. The Hall–Kier alpha value is -2.04. The second-order valence-corrected chi connectivity index (χ2v) is 4.42. The lowest BCUT2D eigenvalue weighted by Crippen LogP contribution is -2.47. The number of nitrogens with zero attached hydrogens (tertiary/aromatic N) is 1. The highest BCUT2D eigenvalue weighted by Gasteiger charge is 2.31. The number of methoxy groups -OCH3 is 1. The van der Waals surface area contributed by atoms with E-state index < -0.39 is 6.04 Å². The fourth-order valence-corrected chi connectivity index (χ4v) is 2.21. The summed E-state index contributed by atoms with van der Waals surface area (Å²) in [5.74, 6) is 0.0749. The maximum atomic E-state index is 12.1. The highest BCUT2D eigenvalue weighted by atomic mass is 16.5. The Morgan fingerprint density at radius 2 is 2.32 bits per heavy atom. The van der Waals surface area contributed by atoms with Gasteiger partial charge >= 0.3 is 5.97 Å². The van der Waals surface area contributed by atoms with E-state index in [1.54, 1.807) is 29.4 Å². The van der Waals surface area contributed by atoms with Crippen molar-refractivity contribution in [2.45, 2.75) is 25.3 Å². The van der Waals surface area contributed by atoms with Gasteiger partial charge in [-0.1, -0.05) is 0 Å². The second-order valence-electron chi connectivity index (χ2n) is 4.42. The molecule has 5 nitrogen and oxygen atoms in total. The van der Waals surface area contributed by atoms with Crippen LogP contribution in [0.15, 0.2) is 28.9 Å². The minimum absolute atomic E-state index is 0.188. The summed E-state index contributed by atoms with van der Waals surface area (Å²) in [6, 6.07) is 3.05. The van der Waals surface area contributed by atoms with E-state index in [0.29, 0.717) is 18.7 Å². The van der Waals surface area contributed by atoms with Crippen LogP contribution in [0.2, 0.25) is 0 Å². The van der Waals surface area contributed by atoms with Crippen molar-refractivity contribution in [3.8, 4) is 0 Å². The molecule has 0 saturated carbocycles. The molecule has 5 heteroatoms. The summed E-state index contributed by atoms with van der Waals surface area (Å²) in [6.45, 7) is 0.584. The van der Waals surface area contributed by atoms with Gasteiger partial charge < -0.3 is 14.1 Å². The van der Waals surface area contributed by atoms with E-state index in [9.17, 15) is 9.59 Å². The first-order valence-corrected chi connectivity index (χ1v) is 6.32. The summed E-state index contributed by atoms with van der Waals surface area (Å²) >= 11 is 0. The van der Waals surface area contributed by atoms with Gasteiger partial charge in [-0.25, -0.2) is 4.79 Å². The average molecular weight is 263 g/mol. The largest absolute Gasteiger partial charge is 0.467 e. The standard InChI is InChI=1S/C14H17NO4/c1-18-14(17)12-6-2-3-9-15(12)13(16)8-7-11-5-4-10-19-11/h4-5,7-8,10,12H,2-3,6,9H2,1H3/b8-7+/t12-/m1/s1. The summed E-state index contributed by atoms with van der Waals surface area (Å²) in [4.78, 5) is 25.3. The molecule has 102 valence electrons. The van der Waals surface area contributed by atoms with E-state index >= 15 is 0 Å². The molecule has 1 aliphatic heterocycles. The van der Waals surface area contributed by atoms with Gasteiger partial charge in [0.05, 0.1) is 13.4 Å². The molecule has 0 aromatic carbocycles. The number of likely N-dealkylation sites (tertiary alicyclic amines) is 1. The molecule has 19 heavy (non-hydrogen) atoms. The van der Waals surface area contributed by atoms with Gasteiger partial charge in [-0.15, -0.1) is 0 Å². The van der Waals surface area contributed by atoms with Gasteiger partial charge in [-0.3, -0.25) is 4.79 Å². The monoisotopic (exact) mass is 263 g/mol. The molecule has 1 atom stereocenters. The quantitative estimate of drug-likeness (QED) is 0.617. The Balaban J connectivity index is 2.05. The van der Waals surface area contributed by atoms with E-state index in [-0.39, 0.29) is 11.9 Å². The molecule has 1 saturated heterocycles. The van der Waals surface area contributed by atoms with Gasteiger partial charge in [0.15, 0.2) is 0 Å². The van der Waals surface area contributed by atoms with Gasteiger partial charge in [0.2, 0.25) is 5.91 Å². The molecule has 0 N–H and O–H groups in total. The third-order valence-electron chi connectivity index (χ3n) is 3.19. The van der Waals surface area contributed by atoms with Gasteiger partial charge in [0.25, 0.3) is 0 Å². The van der Waals surface area contributed by atoms with Crippen LogP contribution in [0.4, 0.5) is 0 Å². The number of carbonyl (C=O) groups excluding carboxylic acids is 2. The molecule has 2 heterocycles. The predicted molar refractivity (Wildman–Crippen MR) is 69.1 cm³/mol. The Bertz CT molecular complexity index is 464. The summed E-state index contributed by atoms with van der Waals surface area (Å²) in [7, 11) is 1.35. The molecule has 0 radical (unpaired) electrons. The van der Waals surface area contributed by atoms with E-state index in [1.165, 1.54) is 13.2 Å². The molecule has 0 aliphatic carbocycles. The van der Waals surface area contributed by atoms with Crippen molar-refractivity contribution < 1.29 is 18.7 Å². The smallest absolute Gasteiger partial charge is 0.328 e. The first-order valence-electron chi connectivity index (χ1n) is 6.32. The molecular formula is C14H17NO4. The van der Waals surface area contributed by atoms with Crippen molar-refractivity contribution in [3.63, 3.8) is 0 Å². The topological polar surface area (TPSA) is 59.8 Å². The van der Waals surface area contributed by atoms with Gasteiger partial charge in [-0.2, -0.15) is 0 Å². The number of ether oxygens (including phenoxy) is 1. The Labute approximate surface area is 111 Å². The Kier molecular flexibility index (Phi) is 4.39. The zero-order valence-electron chi connectivity index (χ0n) is 10.9. The molecular weight excluding hydrogens is 246 g/mol. The van der Waals surface area contributed by atoms with Crippen molar-refractivity contribution in [1.29, 1.82) is 0 Å². The third-order valence-corrected chi connectivity index (χ3v) is 3.19. The predicted octanol–water partition coefficient (Wildman–Crippen LogP) is 1.85. The first kappa shape index (κ1) is 13.4.